The second-order valence-corrected chi connectivity index (χ2v) is 10.6. The largest absolute Gasteiger partial charge is 0.498 e. The third kappa shape index (κ3) is 6.12. The Morgan fingerprint density at radius 2 is 2.09 bits per heavy atom. The van der Waals surface area contributed by atoms with Crippen LogP contribution in [0.5, 0.6) is 0 Å². The summed E-state index contributed by atoms with van der Waals surface area (Å²) in [6.45, 7) is 6.99. The standard InChI is InChI=1S/C7H13Br2OP/c1-4-10-7(6(2)3)5-11(8)9/h5-6H,4H2,1-3H3/b7-5+. The van der Waals surface area contributed by atoms with Crippen LogP contribution in [0.3, 0.4) is 0 Å². The Kier molecular flexibility index (Phi) is 6.99. The SMILES string of the molecule is CCO/C(=C/P(Br)Br)C(C)C. The van der Waals surface area contributed by atoms with E-state index in [9.17, 15) is 0 Å². The first-order chi connectivity index (χ1) is 5.07. The molecule has 0 rings (SSSR count). The number of rotatable bonds is 4. The zero-order valence-electron chi connectivity index (χ0n) is 6.97. The molecule has 0 heterocycles. The maximum Gasteiger partial charge on any atom is 0.101 e. The highest BCUT2D eigenvalue weighted by molar-refractivity contribution is 9.69. The van der Waals surface area contributed by atoms with Crippen LogP contribution >= 0.6 is 36.3 Å². The molecule has 11 heavy (non-hydrogen) atoms. The molecule has 0 atom stereocenters. The third-order valence-corrected chi connectivity index (χ3v) is 2.78. The fourth-order valence-electron chi connectivity index (χ4n) is 0.616. The van der Waals surface area contributed by atoms with Crippen LogP contribution in [0, 0.1) is 5.92 Å². The quantitative estimate of drug-likeness (QED) is 0.544. The third-order valence-electron chi connectivity index (χ3n) is 1.10. The van der Waals surface area contributed by atoms with Gasteiger partial charge in [-0.25, -0.2) is 0 Å². The molecule has 66 valence electrons. The molecule has 0 saturated carbocycles. The molecule has 0 aromatic carbocycles. The number of allylic oxidation sites excluding steroid dienone is 1. The molecule has 0 unspecified atom stereocenters. The lowest BCUT2D eigenvalue weighted by Crippen LogP contribution is -1.98. The van der Waals surface area contributed by atoms with Gasteiger partial charge in [-0.3, -0.25) is 0 Å². The van der Waals surface area contributed by atoms with Crippen molar-refractivity contribution in [1.29, 1.82) is 0 Å². The van der Waals surface area contributed by atoms with Crippen molar-refractivity contribution < 1.29 is 4.74 Å². The Hall–Kier alpha value is 0.930. The molecule has 0 spiro atoms. The highest BCUT2D eigenvalue weighted by Gasteiger charge is 2.05. The summed E-state index contributed by atoms with van der Waals surface area (Å²) < 4.78 is 5.43. The summed E-state index contributed by atoms with van der Waals surface area (Å²) in [6, 6.07) is 0. The van der Waals surface area contributed by atoms with E-state index in [1.165, 1.54) is 0 Å². The fraction of sp³-hybridized carbons (Fsp3) is 0.714. The summed E-state index contributed by atoms with van der Waals surface area (Å²) >= 11 is 6.88. The first-order valence-corrected chi connectivity index (χ1v) is 8.98. The van der Waals surface area contributed by atoms with E-state index in [4.69, 9.17) is 4.74 Å². The van der Waals surface area contributed by atoms with Crippen molar-refractivity contribution in [3.63, 3.8) is 0 Å². The Bertz CT molecular complexity index is 134. The van der Waals surface area contributed by atoms with Gasteiger partial charge in [-0.05, 0) is 43.7 Å². The van der Waals surface area contributed by atoms with Crippen molar-refractivity contribution in [1.82, 2.24) is 0 Å². The number of halogens is 2. The predicted octanol–water partition coefficient (Wildman–Crippen LogP) is 4.62. The van der Waals surface area contributed by atoms with Crippen molar-refractivity contribution in [3.8, 4) is 0 Å². The first kappa shape index (κ1) is 11.9. The minimum atomic E-state index is -0.346. The van der Waals surface area contributed by atoms with E-state index in [-0.39, 0.29) is 5.33 Å². The smallest absolute Gasteiger partial charge is 0.101 e. The highest BCUT2D eigenvalue weighted by atomic mass is 79.9. The Morgan fingerprint density at radius 1 is 1.55 bits per heavy atom. The summed E-state index contributed by atoms with van der Waals surface area (Å²) in [5, 5.41) is -0.346. The van der Waals surface area contributed by atoms with Crippen LogP contribution in [0.25, 0.3) is 0 Å². The van der Waals surface area contributed by atoms with Gasteiger partial charge in [0, 0.05) is 5.92 Å². The van der Waals surface area contributed by atoms with Gasteiger partial charge in [0.25, 0.3) is 0 Å². The van der Waals surface area contributed by atoms with Crippen LogP contribution in [0.15, 0.2) is 11.6 Å². The van der Waals surface area contributed by atoms with Gasteiger partial charge in [-0.2, -0.15) is 0 Å². The van der Waals surface area contributed by atoms with E-state index in [1.807, 2.05) is 6.92 Å². The van der Waals surface area contributed by atoms with Crippen LogP contribution in [0.4, 0.5) is 0 Å². The molecule has 4 heteroatoms. The molecule has 0 saturated heterocycles. The van der Waals surface area contributed by atoms with Crippen LogP contribution < -0.4 is 0 Å². The topological polar surface area (TPSA) is 9.23 Å². The summed E-state index contributed by atoms with van der Waals surface area (Å²) in [5.41, 5.74) is 0. The molecule has 0 N–H and O–H groups in total. The molecule has 0 fully saturated rings. The van der Waals surface area contributed by atoms with E-state index < -0.39 is 0 Å². The lowest BCUT2D eigenvalue weighted by molar-refractivity contribution is 0.201. The van der Waals surface area contributed by atoms with Gasteiger partial charge in [0.1, 0.15) is 5.76 Å². The Labute approximate surface area is 85.8 Å². The molecule has 0 aromatic heterocycles. The van der Waals surface area contributed by atoms with Gasteiger partial charge in [0.2, 0.25) is 0 Å². The van der Waals surface area contributed by atoms with Gasteiger partial charge >= 0.3 is 0 Å². The molecule has 0 aliphatic heterocycles. The van der Waals surface area contributed by atoms with Crippen LogP contribution in [0.1, 0.15) is 20.8 Å². The van der Waals surface area contributed by atoms with E-state index in [0.29, 0.717) is 5.92 Å². The highest BCUT2D eigenvalue weighted by Crippen LogP contribution is 2.54. The van der Waals surface area contributed by atoms with Crippen LogP contribution in [0.2, 0.25) is 0 Å². The van der Waals surface area contributed by atoms with Gasteiger partial charge in [-0.1, -0.05) is 13.8 Å². The number of hydrogen-bond donors (Lipinski definition) is 0. The molecule has 0 aliphatic rings. The predicted molar refractivity (Wildman–Crippen MR) is 59.3 cm³/mol. The average Bonchev–Trinajstić information content (AvgIpc) is 1.86. The number of hydrogen-bond acceptors (Lipinski definition) is 1. The molecular formula is C7H13Br2OP. The van der Waals surface area contributed by atoms with Crippen molar-refractivity contribution in [2.75, 3.05) is 6.61 Å². The van der Waals surface area contributed by atoms with Crippen LogP contribution in [-0.4, -0.2) is 6.61 Å². The Balaban J connectivity index is 4.08. The lowest BCUT2D eigenvalue weighted by atomic mass is 10.2. The lowest BCUT2D eigenvalue weighted by Gasteiger charge is -2.11. The minimum absolute atomic E-state index is 0.346. The molecular weight excluding hydrogens is 291 g/mol. The minimum Gasteiger partial charge on any atom is -0.498 e. The maximum absolute atomic E-state index is 5.43. The second kappa shape index (κ2) is 6.45. The van der Waals surface area contributed by atoms with Crippen molar-refractivity contribution in [2.24, 2.45) is 5.92 Å². The molecule has 0 bridgehead atoms. The zero-order valence-corrected chi connectivity index (χ0v) is 11.0. The van der Waals surface area contributed by atoms with E-state index in [1.54, 1.807) is 0 Å². The first-order valence-electron chi connectivity index (χ1n) is 3.53. The molecule has 0 amide bonds. The van der Waals surface area contributed by atoms with Gasteiger partial charge in [-0.15, -0.1) is 0 Å². The normalized spacial score (nSPS) is 12.8. The van der Waals surface area contributed by atoms with Crippen LogP contribution in [-0.2, 0) is 4.74 Å². The summed E-state index contributed by atoms with van der Waals surface area (Å²) in [7, 11) is 0. The fourth-order valence-corrected chi connectivity index (χ4v) is 2.39. The maximum atomic E-state index is 5.43. The van der Waals surface area contributed by atoms with Gasteiger partial charge < -0.3 is 4.74 Å². The van der Waals surface area contributed by atoms with Gasteiger partial charge in [0.15, 0.2) is 0 Å². The van der Waals surface area contributed by atoms with Crippen molar-refractivity contribution in [3.05, 3.63) is 11.6 Å². The molecule has 0 aliphatic carbocycles. The Morgan fingerprint density at radius 3 is 2.36 bits per heavy atom. The van der Waals surface area contributed by atoms with Crippen molar-refractivity contribution in [2.45, 2.75) is 20.8 Å². The summed E-state index contributed by atoms with van der Waals surface area (Å²) in [6.07, 6.45) is 0. The van der Waals surface area contributed by atoms with Gasteiger partial charge in [0.05, 0.1) is 11.9 Å². The second-order valence-electron chi connectivity index (χ2n) is 2.38. The molecule has 0 aromatic rings. The van der Waals surface area contributed by atoms with Crippen molar-refractivity contribution >= 4 is 36.3 Å². The van der Waals surface area contributed by atoms with E-state index >= 15 is 0 Å². The average molecular weight is 304 g/mol. The summed E-state index contributed by atoms with van der Waals surface area (Å²) in [4.78, 5) is 0. The molecule has 1 nitrogen and oxygen atoms in total. The summed E-state index contributed by atoms with van der Waals surface area (Å²) in [5.74, 6) is 3.62. The molecule has 0 radical (unpaired) electrons. The zero-order chi connectivity index (χ0) is 8.85. The number of ether oxygens (including phenoxy) is 1. The monoisotopic (exact) mass is 302 g/mol. The van der Waals surface area contributed by atoms with E-state index in [2.05, 4.69) is 50.6 Å². The van der Waals surface area contributed by atoms with E-state index in [0.717, 1.165) is 12.4 Å².